The minimum atomic E-state index is -0.0626. The van der Waals surface area contributed by atoms with Gasteiger partial charge in [0.25, 0.3) is 0 Å². The Morgan fingerprint density at radius 2 is 2.47 bits per heavy atom. The molecule has 0 saturated carbocycles. The van der Waals surface area contributed by atoms with Gasteiger partial charge in [0.1, 0.15) is 0 Å². The Bertz CT molecular complexity index is 406. The summed E-state index contributed by atoms with van der Waals surface area (Å²) in [6, 6.07) is 0. The second-order valence-corrected chi connectivity index (χ2v) is 3.96. The van der Waals surface area contributed by atoms with Gasteiger partial charge in [-0.05, 0) is 6.92 Å². The monoisotopic (exact) mass is 226 g/mol. The SMILES string of the molecule is C=CCNC(=O)CCn1c(C)csc1=O. The summed E-state index contributed by atoms with van der Waals surface area (Å²) in [5, 5.41) is 4.46. The lowest BCUT2D eigenvalue weighted by Gasteiger charge is -2.04. The highest BCUT2D eigenvalue weighted by Crippen LogP contribution is 2.00. The summed E-state index contributed by atoms with van der Waals surface area (Å²) in [5.74, 6) is -0.0626. The summed E-state index contributed by atoms with van der Waals surface area (Å²) in [5.41, 5.74) is 0.904. The molecule has 4 nitrogen and oxygen atoms in total. The van der Waals surface area contributed by atoms with Gasteiger partial charge in [0, 0.05) is 30.6 Å². The predicted octanol–water partition coefficient (Wildman–Crippen LogP) is 0.911. The summed E-state index contributed by atoms with van der Waals surface area (Å²) in [4.78, 5) is 22.5. The van der Waals surface area contributed by atoms with Crippen molar-refractivity contribution in [2.45, 2.75) is 19.9 Å². The maximum Gasteiger partial charge on any atom is 0.307 e. The molecule has 0 spiro atoms. The number of amides is 1. The van der Waals surface area contributed by atoms with E-state index >= 15 is 0 Å². The second-order valence-electron chi connectivity index (χ2n) is 3.14. The van der Waals surface area contributed by atoms with Crippen LogP contribution < -0.4 is 10.2 Å². The van der Waals surface area contributed by atoms with E-state index in [0.29, 0.717) is 19.5 Å². The number of carbonyl (C=O) groups excluding carboxylic acids is 1. The number of aryl methyl sites for hydroxylation is 1. The Morgan fingerprint density at radius 3 is 3.00 bits per heavy atom. The van der Waals surface area contributed by atoms with Gasteiger partial charge in [-0.15, -0.1) is 6.58 Å². The first-order chi connectivity index (χ1) is 7.15. The van der Waals surface area contributed by atoms with Crippen LogP contribution in [0.25, 0.3) is 0 Å². The van der Waals surface area contributed by atoms with Crippen molar-refractivity contribution in [2.75, 3.05) is 6.54 Å². The minimum Gasteiger partial charge on any atom is -0.353 e. The molecule has 0 atom stereocenters. The maximum atomic E-state index is 11.3. The Morgan fingerprint density at radius 1 is 1.73 bits per heavy atom. The summed E-state index contributed by atoms with van der Waals surface area (Å²) < 4.78 is 1.61. The first-order valence-corrected chi connectivity index (χ1v) is 5.55. The zero-order valence-electron chi connectivity index (χ0n) is 8.66. The number of hydrogen-bond donors (Lipinski definition) is 1. The molecule has 0 bridgehead atoms. The fourth-order valence-corrected chi connectivity index (χ4v) is 1.92. The highest BCUT2D eigenvalue weighted by molar-refractivity contribution is 7.07. The first-order valence-electron chi connectivity index (χ1n) is 4.67. The predicted molar refractivity (Wildman–Crippen MR) is 61.1 cm³/mol. The first kappa shape index (κ1) is 11.7. The standard InChI is InChI=1S/C10H14N2O2S/c1-3-5-11-9(13)4-6-12-8(2)7-15-10(12)14/h3,7H,1,4-6H2,2H3,(H,11,13). The molecule has 0 fully saturated rings. The minimum absolute atomic E-state index is 0.0102. The van der Waals surface area contributed by atoms with E-state index < -0.39 is 0 Å². The van der Waals surface area contributed by atoms with Crippen molar-refractivity contribution in [1.82, 2.24) is 9.88 Å². The molecule has 1 amide bonds. The van der Waals surface area contributed by atoms with Crippen LogP contribution in [0.1, 0.15) is 12.1 Å². The molecule has 1 heterocycles. The molecule has 0 aliphatic carbocycles. The van der Waals surface area contributed by atoms with Crippen LogP contribution in [0, 0.1) is 6.92 Å². The summed E-state index contributed by atoms with van der Waals surface area (Å²) in [7, 11) is 0. The molecule has 5 heteroatoms. The third kappa shape index (κ3) is 3.36. The van der Waals surface area contributed by atoms with Crippen molar-refractivity contribution in [3.8, 4) is 0 Å². The number of thiazole rings is 1. The molecular formula is C10H14N2O2S. The van der Waals surface area contributed by atoms with Crippen LogP contribution in [-0.2, 0) is 11.3 Å². The molecule has 1 N–H and O–H groups in total. The van der Waals surface area contributed by atoms with E-state index in [-0.39, 0.29) is 10.8 Å². The van der Waals surface area contributed by atoms with Gasteiger partial charge in [-0.2, -0.15) is 0 Å². The average molecular weight is 226 g/mol. The summed E-state index contributed by atoms with van der Waals surface area (Å²) in [6.07, 6.45) is 1.95. The van der Waals surface area contributed by atoms with Gasteiger partial charge in [0.2, 0.25) is 5.91 Å². The quantitative estimate of drug-likeness (QED) is 0.759. The lowest BCUT2D eigenvalue weighted by atomic mass is 10.3. The molecule has 15 heavy (non-hydrogen) atoms. The lowest BCUT2D eigenvalue weighted by molar-refractivity contribution is -0.121. The topological polar surface area (TPSA) is 51.1 Å². The highest BCUT2D eigenvalue weighted by Gasteiger charge is 2.05. The van der Waals surface area contributed by atoms with Crippen LogP contribution in [-0.4, -0.2) is 17.0 Å². The van der Waals surface area contributed by atoms with Crippen LogP contribution in [0.15, 0.2) is 22.8 Å². The Labute approximate surface area is 92.2 Å². The number of aromatic nitrogens is 1. The molecule has 0 radical (unpaired) electrons. The van der Waals surface area contributed by atoms with Crippen LogP contribution >= 0.6 is 11.3 Å². The van der Waals surface area contributed by atoms with E-state index in [0.717, 1.165) is 17.0 Å². The maximum absolute atomic E-state index is 11.3. The number of carbonyl (C=O) groups is 1. The molecule has 0 saturated heterocycles. The van der Waals surface area contributed by atoms with Gasteiger partial charge in [-0.25, -0.2) is 0 Å². The van der Waals surface area contributed by atoms with Gasteiger partial charge in [-0.3, -0.25) is 9.59 Å². The third-order valence-corrected chi connectivity index (χ3v) is 2.86. The van der Waals surface area contributed by atoms with Gasteiger partial charge >= 0.3 is 4.87 Å². The normalized spacial score (nSPS) is 9.93. The largest absolute Gasteiger partial charge is 0.353 e. The van der Waals surface area contributed by atoms with Crippen LogP contribution in [0.5, 0.6) is 0 Å². The Balaban J connectivity index is 2.47. The molecule has 1 aromatic heterocycles. The zero-order chi connectivity index (χ0) is 11.3. The van der Waals surface area contributed by atoms with Crippen molar-refractivity contribution in [3.63, 3.8) is 0 Å². The van der Waals surface area contributed by atoms with E-state index in [4.69, 9.17) is 0 Å². The summed E-state index contributed by atoms with van der Waals surface area (Å²) in [6.45, 7) is 6.27. The van der Waals surface area contributed by atoms with E-state index in [1.807, 2.05) is 6.92 Å². The molecular weight excluding hydrogens is 212 g/mol. The fourth-order valence-electron chi connectivity index (χ4n) is 1.16. The van der Waals surface area contributed by atoms with Crippen LogP contribution in [0.4, 0.5) is 0 Å². The van der Waals surface area contributed by atoms with Crippen molar-refractivity contribution in [2.24, 2.45) is 0 Å². The van der Waals surface area contributed by atoms with E-state index in [1.165, 1.54) is 0 Å². The van der Waals surface area contributed by atoms with Crippen molar-refractivity contribution >= 4 is 17.2 Å². The summed E-state index contributed by atoms with van der Waals surface area (Å²) >= 11 is 1.16. The highest BCUT2D eigenvalue weighted by atomic mass is 32.1. The lowest BCUT2D eigenvalue weighted by Crippen LogP contribution is -2.26. The van der Waals surface area contributed by atoms with Crippen LogP contribution in [0.2, 0.25) is 0 Å². The molecule has 0 aromatic carbocycles. The van der Waals surface area contributed by atoms with Gasteiger partial charge < -0.3 is 9.88 Å². The zero-order valence-corrected chi connectivity index (χ0v) is 9.47. The molecule has 0 unspecified atom stereocenters. The molecule has 82 valence electrons. The van der Waals surface area contributed by atoms with Crippen molar-refractivity contribution < 1.29 is 4.79 Å². The van der Waals surface area contributed by atoms with E-state index in [1.54, 1.807) is 16.0 Å². The number of hydrogen-bond acceptors (Lipinski definition) is 3. The average Bonchev–Trinajstić information content (AvgIpc) is 2.53. The van der Waals surface area contributed by atoms with Crippen LogP contribution in [0.3, 0.4) is 0 Å². The smallest absolute Gasteiger partial charge is 0.307 e. The van der Waals surface area contributed by atoms with E-state index in [9.17, 15) is 9.59 Å². The van der Waals surface area contributed by atoms with Crippen molar-refractivity contribution in [1.29, 1.82) is 0 Å². The van der Waals surface area contributed by atoms with Gasteiger partial charge in [-0.1, -0.05) is 17.4 Å². The number of nitrogens with zero attached hydrogens (tertiary/aromatic N) is 1. The van der Waals surface area contributed by atoms with Crippen molar-refractivity contribution in [3.05, 3.63) is 33.4 Å². The third-order valence-electron chi connectivity index (χ3n) is 1.98. The number of nitrogens with one attached hydrogen (secondary N) is 1. The number of rotatable bonds is 5. The Hall–Kier alpha value is -1.36. The Kier molecular flexibility index (Phi) is 4.30. The van der Waals surface area contributed by atoms with E-state index in [2.05, 4.69) is 11.9 Å². The van der Waals surface area contributed by atoms with Gasteiger partial charge in [0.15, 0.2) is 0 Å². The van der Waals surface area contributed by atoms with Gasteiger partial charge in [0.05, 0.1) is 0 Å². The molecule has 1 rings (SSSR count). The fraction of sp³-hybridized carbons (Fsp3) is 0.400. The second kappa shape index (κ2) is 5.50. The molecule has 0 aliphatic rings. The molecule has 1 aromatic rings. The molecule has 0 aliphatic heterocycles.